The summed E-state index contributed by atoms with van der Waals surface area (Å²) in [5.41, 5.74) is 0.365. The third kappa shape index (κ3) is 3.23. The molecule has 0 heterocycles. The summed E-state index contributed by atoms with van der Waals surface area (Å²) >= 11 is 5.66. The molecule has 1 aromatic rings. The summed E-state index contributed by atoms with van der Waals surface area (Å²) in [5, 5.41) is 10.9. The van der Waals surface area contributed by atoms with E-state index in [0.717, 1.165) is 6.42 Å². The Balaban J connectivity index is 3.18. The van der Waals surface area contributed by atoms with Gasteiger partial charge in [-0.1, -0.05) is 6.92 Å². The largest absolute Gasteiger partial charge is 0.493 e. The molecular formula is C11H14ClNO4. The van der Waals surface area contributed by atoms with Crippen LogP contribution in [0.5, 0.6) is 11.5 Å². The van der Waals surface area contributed by atoms with E-state index in [9.17, 15) is 10.1 Å². The van der Waals surface area contributed by atoms with Crippen LogP contribution in [0.25, 0.3) is 0 Å². The van der Waals surface area contributed by atoms with Crippen LogP contribution in [0.15, 0.2) is 12.1 Å². The molecule has 1 aromatic carbocycles. The Kier molecular flexibility index (Phi) is 5.03. The molecule has 0 fully saturated rings. The minimum Gasteiger partial charge on any atom is -0.493 e. The van der Waals surface area contributed by atoms with E-state index >= 15 is 0 Å². The maximum absolute atomic E-state index is 10.9. The van der Waals surface area contributed by atoms with Gasteiger partial charge in [0.25, 0.3) is 5.69 Å². The topological polar surface area (TPSA) is 61.6 Å². The normalized spacial score (nSPS) is 10.1. The molecule has 5 nitrogen and oxygen atoms in total. The van der Waals surface area contributed by atoms with Crippen molar-refractivity contribution >= 4 is 17.3 Å². The highest BCUT2D eigenvalue weighted by molar-refractivity contribution is 6.17. The molecule has 6 heteroatoms. The maximum atomic E-state index is 10.9. The molecule has 0 unspecified atom stereocenters. The van der Waals surface area contributed by atoms with Gasteiger partial charge in [-0.2, -0.15) is 0 Å². The van der Waals surface area contributed by atoms with Crippen molar-refractivity contribution in [2.24, 2.45) is 0 Å². The quantitative estimate of drug-likeness (QED) is 0.447. The number of benzene rings is 1. The fourth-order valence-corrected chi connectivity index (χ4v) is 1.57. The second-order valence-corrected chi connectivity index (χ2v) is 3.64. The molecule has 0 amide bonds. The van der Waals surface area contributed by atoms with E-state index in [2.05, 4.69) is 0 Å². The number of nitrogens with zero attached hydrogens (tertiary/aromatic N) is 1. The van der Waals surface area contributed by atoms with Gasteiger partial charge in [-0.15, -0.1) is 11.6 Å². The predicted octanol–water partition coefficient (Wildman–Crippen LogP) is 3.13. The summed E-state index contributed by atoms with van der Waals surface area (Å²) in [7, 11) is 1.48. The highest BCUT2D eigenvalue weighted by Crippen LogP contribution is 2.35. The Hall–Kier alpha value is -1.49. The van der Waals surface area contributed by atoms with Gasteiger partial charge in [-0.25, -0.2) is 0 Å². The molecule has 94 valence electrons. The fourth-order valence-electron chi connectivity index (χ4n) is 1.35. The van der Waals surface area contributed by atoms with Crippen molar-refractivity contribution in [1.82, 2.24) is 0 Å². The smallest absolute Gasteiger partial charge is 0.277 e. The van der Waals surface area contributed by atoms with Gasteiger partial charge in [0, 0.05) is 5.56 Å². The zero-order valence-corrected chi connectivity index (χ0v) is 10.5. The van der Waals surface area contributed by atoms with Crippen LogP contribution in [0.3, 0.4) is 0 Å². The van der Waals surface area contributed by atoms with Gasteiger partial charge in [0.2, 0.25) is 0 Å². The molecule has 17 heavy (non-hydrogen) atoms. The van der Waals surface area contributed by atoms with Crippen LogP contribution in [-0.2, 0) is 5.88 Å². The summed E-state index contributed by atoms with van der Waals surface area (Å²) in [4.78, 5) is 10.4. The lowest BCUT2D eigenvalue weighted by Gasteiger charge is -2.11. The molecule has 0 radical (unpaired) electrons. The van der Waals surface area contributed by atoms with Crippen molar-refractivity contribution in [1.29, 1.82) is 0 Å². The molecule has 0 aliphatic carbocycles. The number of nitro benzene ring substituents is 1. The minimum absolute atomic E-state index is 0.0492. The van der Waals surface area contributed by atoms with Gasteiger partial charge in [-0.3, -0.25) is 10.1 Å². The first-order chi connectivity index (χ1) is 8.13. The Labute approximate surface area is 104 Å². The van der Waals surface area contributed by atoms with Crippen LogP contribution in [0.1, 0.15) is 18.9 Å². The molecule has 0 aliphatic heterocycles. The van der Waals surface area contributed by atoms with Gasteiger partial charge < -0.3 is 9.47 Å². The van der Waals surface area contributed by atoms with Crippen LogP contribution < -0.4 is 9.47 Å². The summed E-state index contributed by atoms with van der Waals surface area (Å²) in [6.45, 7) is 2.43. The van der Waals surface area contributed by atoms with E-state index < -0.39 is 4.92 Å². The van der Waals surface area contributed by atoms with Crippen LogP contribution in [-0.4, -0.2) is 18.6 Å². The lowest BCUT2D eigenvalue weighted by atomic mass is 10.2. The third-order valence-electron chi connectivity index (χ3n) is 2.17. The van der Waals surface area contributed by atoms with Crippen LogP contribution in [0, 0.1) is 10.1 Å². The number of ether oxygens (including phenoxy) is 2. The van der Waals surface area contributed by atoms with E-state index in [1.54, 1.807) is 0 Å². The number of halogens is 1. The lowest BCUT2D eigenvalue weighted by Crippen LogP contribution is -2.01. The highest BCUT2D eigenvalue weighted by Gasteiger charge is 2.18. The summed E-state index contributed by atoms with van der Waals surface area (Å²) < 4.78 is 10.5. The van der Waals surface area contributed by atoms with E-state index in [4.69, 9.17) is 21.1 Å². The van der Waals surface area contributed by atoms with Crippen LogP contribution in [0.4, 0.5) is 5.69 Å². The minimum atomic E-state index is -0.476. The number of alkyl halides is 1. The first kappa shape index (κ1) is 13.6. The van der Waals surface area contributed by atoms with Crippen molar-refractivity contribution in [2.75, 3.05) is 13.7 Å². The Bertz CT molecular complexity index is 409. The van der Waals surface area contributed by atoms with Crippen molar-refractivity contribution in [3.8, 4) is 11.5 Å². The number of rotatable bonds is 6. The van der Waals surface area contributed by atoms with Crippen LogP contribution in [0.2, 0.25) is 0 Å². The lowest BCUT2D eigenvalue weighted by molar-refractivity contribution is -0.385. The summed E-state index contributed by atoms with van der Waals surface area (Å²) in [6.07, 6.45) is 0.814. The molecule has 0 saturated heterocycles. The second-order valence-electron chi connectivity index (χ2n) is 3.37. The molecule has 0 bridgehead atoms. The van der Waals surface area contributed by atoms with Gasteiger partial charge in [0.15, 0.2) is 11.5 Å². The second kappa shape index (κ2) is 6.30. The third-order valence-corrected chi connectivity index (χ3v) is 2.46. The Morgan fingerprint density at radius 2 is 2.12 bits per heavy atom. The van der Waals surface area contributed by atoms with Gasteiger partial charge in [0.1, 0.15) is 0 Å². The summed E-state index contributed by atoms with van der Waals surface area (Å²) in [6, 6.07) is 2.89. The molecule has 0 aliphatic rings. The predicted molar refractivity (Wildman–Crippen MR) is 65.0 cm³/mol. The Morgan fingerprint density at radius 3 is 2.59 bits per heavy atom. The van der Waals surface area contributed by atoms with Crippen LogP contribution >= 0.6 is 11.6 Å². The average molecular weight is 260 g/mol. The zero-order chi connectivity index (χ0) is 12.8. The van der Waals surface area contributed by atoms with Gasteiger partial charge in [-0.05, 0) is 12.5 Å². The van der Waals surface area contributed by atoms with Gasteiger partial charge >= 0.3 is 0 Å². The highest BCUT2D eigenvalue weighted by atomic mass is 35.5. The van der Waals surface area contributed by atoms with Crippen molar-refractivity contribution in [2.45, 2.75) is 19.2 Å². The first-order valence-electron chi connectivity index (χ1n) is 5.18. The molecule has 0 spiro atoms. The number of methoxy groups -OCH3 is 1. The molecule has 0 aromatic heterocycles. The van der Waals surface area contributed by atoms with E-state index in [1.807, 2.05) is 6.92 Å². The maximum Gasteiger partial charge on any atom is 0.277 e. The SMILES string of the molecule is CCCOc1cc([N+](=O)[O-])c(CCl)cc1OC. The van der Waals surface area contributed by atoms with Gasteiger partial charge in [0.05, 0.1) is 30.6 Å². The first-order valence-corrected chi connectivity index (χ1v) is 5.71. The molecule has 0 N–H and O–H groups in total. The fraction of sp³-hybridized carbons (Fsp3) is 0.455. The zero-order valence-electron chi connectivity index (χ0n) is 9.73. The molecule has 0 atom stereocenters. The van der Waals surface area contributed by atoms with Crippen molar-refractivity contribution in [3.63, 3.8) is 0 Å². The summed E-state index contributed by atoms with van der Waals surface area (Å²) in [5.74, 6) is 0.885. The monoisotopic (exact) mass is 259 g/mol. The van der Waals surface area contributed by atoms with E-state index in [0.29, 0.717) is 23.7 Å². The standard InChI is InChI=1S/C11H14ClNO4/c1-3-4-17-11-6-9(13(14)15)8(7-12)5-10(11)16-2/h5-6H,3-4,7H2,1-2H3. The molecule has 0 saturated carbocycles. The molecular weight excluding hydrogens is 246 g/mol. The number of hydrogen-bond donors (Lipinski definition) is 0. The van der Waals surface area contributed by atoms with E-state index in [1.165, 1.54) is 19.2 Å². The number of hydrogen-bond acceptors (Lipinski definition) is 4. The van der Waals surface area contributed by atoms with Crippen molar-refractivity contribution in [3.05, 3.63) is 27.8 Å². The average Bonchev–Trinajstić information content (AvgIpc) is 2.34. The van der Waals surface area contributed by atoms with E-state index in [-0.39, 0.29) is 11.6 Å². The number of nitro groups is 1. The molecule has 1 rings (SSSR count). The van der Waals surface area contributed by atoms with Crippen molar-refractivity contribution < 1.29 is 14.4 Å². The Morgan fingerprint density at radius 1 is 1.41 bits per heavy atom.